The molecule has 2 aromatic carbocycles. The lowest BCUT2D eigenvalue weighted by molar-refractivity contribution is -0.123. The van der Waals surface area contributed by atoms with Gasteiger partial charge in [0.1, 0.15) is 5.82 Å². The molecule has 2 heterocycles. The molecule has 0 saturated carbocycles. The maximum absolute atomic E-state index is 12.7. The van der Waals surface area contributed by atoms with Crippen LogP contribution >= 0.6 is 11.8 Å². The van der Waals surface area contributed by atoms with Crippen LogP contribution in [0.4, 0.5) is 5.69 Å². The summed E-state index contributed by atoms with van der Waals surface area (Å²) in [5.74, 6) is 0.1000. The Labute approximate surface area is 189 Å². The largest absolute Gasteiger partial charge is 0.346 e. The fourth-order valence-corrected chi connectivity index (χ4v) is 4.31. The van der Waals surface area contributed by atoms with Crippen molar-refractivity contribution >= 4 is 45.8 Å². The second-order valence-electron chi connectivity index (χ2n) is 7.60. The number of nitrogens with one attached hydrogen (secondary N) is 2. The van der Waals surface area contributed by atoms with Crippen molar-refractivity contribution in [2.45, 2.75) is 38.1 Å². The Balaban J connectivity index is 1.44. The predicted molar refractivity (Wildman–Crippen MR) is 126 cm³/mol. The summed E-state index contributed by atoms with van der Waals surface area (Å²) in [6.07, 6.45) is 0. The van der Waals surface area contributed by atoms with E-state index in [9.17, 15) is 9.59 Å². The highest BCUT2D eigenvalue weighted by molar-refractivity contribution is 8.00. The predicted octanol–water partition coefficient (Wildman–Crippen LogP) is 3.44. The standard InChI is InChI=1S/C23H24N6O2S/c1-13-8-7-9-14(2)20(13)27-19(30)12-24-22(31)15(3)32-23-26-18-11-6-5-10-17(18)21-25-16(4)28-29(21)23/h5-11,15H,12H2,1-4H3,(H,24,31)(H,27,30). The molecule has 0 saturated heterocycles. The van der Waals surface area contributed by atoms with Gasteiger partial charge in [-0.2, -0.15) is 4.52 Å². The Morgan fingerprint density at radius 1 is 1.03 bits per heavy atom. The molecule has 164 valence electrons. The van der Waals surface area contributed by atoms with Gasteiger partial charge in [-0.05, 0) is 51.0 Å². The number of hydrogen-bond donors (Lipinski definition) is 2. The van der Waals surface area contributed by atoms with Crippen LogP contribution < -0.4 is 10.6 Å². The highest BCUT2D eigenvalue weighted by Gasteiger charge is 2.20. The molecule has 1 atom stereocenters. The minimum absolute atomic E-state index is 0.111. The third-order valence-corrected chi connectivity index (χ3v) is 6.12. The number of anilines is 1. The van der Waals surface area contributed by atoms with Crippen LogP contribution in [0.1, 0.15) is 23.9 Å². The first-order valence-corrected chi connectivity index (χ1v) is 11.1. The molecular formula is C23H24N6O2S. The Kier molecular flexibility index (Phi) is 6.09. The highest BCUT2D eigenvalue weighted by Crippen LogP contribution is 2.26. The molecule has 0 fully saturated rings. The number of fused-ring (bicyclic) bond motifs is 3. The highest BCUT2D eigenvalue weighted by atomic mass is 32.2. The quantitative estimate of drug-likeness (QED) is 0.346. The Morgan fingerprint density at radius 3 is 2.50 bits per heavy atom. The molecule has 0 radical (unpaired) electrons. The molecule has 0 spiro atoms. The minimum atomic E-state index is -0.482. The number of aromatic nitrogens is 4. The van der Waals surface area contributed by atoms with Crippen molar-refractivity contribution in [1.82, 2.24) is 24.9 Å². The second kappa shape index (κ2) is 8.96. The zero-order chi connectivity index (χ0) is 22.8. The van der Waals surface area contributed by atoms with E-state index >= 15 is 0 Å². The summed E-state index contributed by atoms with van der Waals surface area (Å²) < 4.78 is 1.67. The van der Waals surface area contributed by atoms with E-state index in [2.05, 4.69) is 25.7 Å². The van der Waals surface area contributed by atoms with Gasteiger partial charge in [-0.3, -0.25) is 9.59 Å². The number of carbonyl (C=O) groups excluding carboxylic acids is 2. The van der Waals surface area contributed by atoms with Gasteiger partial charge in [-0.25, -0.2) is 9.97 Å². The first-order valence-electron chi connectivity index (χ1n) is 10.3. The number of para-hydroxylation sites is 2. The van der Waals surface area contributed by atoms with E-state index in [1.165, 1.54) is 11.8 Å². The average Bonchev–Trinajstić information content (AvgIpc) is 3.17. The van der Waals surface area contributed by atoms with Crippen LogP contribution in [0.15, 0.2) is 47.6 Å². The fraction of sp³-hybridized carbons (Fsp3) is 0.261. The smallest absolute Gasteiger partial charge is 0.243 e. The molecule has 0 aliphatic rings. The topological polar surface area (TPSA) is 101 Å². The summed E-state index contributed by atoms with van der Waals surface area (Å²) in [4.78, 5) is 34.2. The summed E-state index contributed by atoms with van der Waals surface area (Å²) >= 11 is 1.28. The van der Waals surface area contributed by atoms with Crippen LogP contribution in [0.5, 0.6) is 0 Å². The third-order valence-electron chi connectivity index (χ3n) is 5.08. The number of hydrogen-bond acceptors (Lipinski definition) is 6. The molecule has 2 amide bonds. The first-order chi connectivity index (χ1) is 15.3. The van der Waals surface area contributed by atoms with Crippen molar-refractivity contribution in [2.75, 3.05) is 11.9 Å². The van der Waals surface area contributed by atoms with Crippen molar-refractivity contribution in [3.05, 3.63) is 59.4 Å². The van der Waals surface area contributed by atoms with Crippen LogP contribution in [0.3, 0.4) is 0 Å². The van der Waals surface area contributed by atoms with Gasteiger partial charge in [0.2, 0.25) is 11.8 Å². The number of rotatable bonds is 6. The van der Waals surface area contributed by atoms with Gasteiger partial charge in [-0.1, -0.05) is 42.1 Å². The normalized spacial score (nSPS) is 12.1. The van der Waals surface area contributed by atoms with Crippen molar-refractivity contribution in [1.29, 1.82) is 0 Å². The van der Waals surface area contributed by atoms with Crippen molar-refractivity contribution in [2.24, 2.45) is 0 Å². The van der Waals surface area contributed by atoms with Crippen molar-refractivity contribution in [3.8, 4) is 0 Å². The molecule has 2 aromatic heterocycles. The molecule has 8 nitrogen and oxygen atoms in total. The van der Waals surface area contributed by atoms with E-state index in [4.69, 9.17) is 0 Å². The van der Waals surface area contributed by atoms with E-state index in [0.29, 0.717) is 16.6 Å². The zero-order valence-electron chi connectivity index (χ0n) is 18.3. The summed E-state index contributed by atoms with van der Waals surface area (Å²) in [6.45, 7) is 7.35. The van der Waals surface area contributed by atoms with E-state index in [1.54, 1.807) is 11.4 Å². The second-order valence-corrected chi connectivity index (χ2v) is 8.91. The molecule has 2 N–H and O–H groups in total. The van der Waals surface area contributed by atoms with Crippen molar-refractivity contribution < 1.29 is 9.59 Å². The number of thioether (sulfide) groups is 1. The molecule has 32 heavy (non-hydrogen) atoms. The van der Waals surface area contributed by atoms with Gasteiger partial charge in [0.25, 0.3) is 0 Å². The molecule has 4 rings (SSSR count). The van der Waals surface area contributed by atoms with Gasteiger partial charge in [0.15, 0.2) is 10.8 Å². The Bertz CT molecular complexity index is 1310. The van der Waals surface area contributed by atoms with Crippen molar-refractivity contribution in [3.63, 3.8) is 0 Å². The minimum Gasteiger partial charge on any atom is -0.346 e. The van der Waals surface area contributed by atoms with E-state index in [1.807, 2.05) is 63.2 Å². The molecule has 0 aliphatic carbocycles. The zero-order valence-corrected chi connectivity index (χ0v) is 19.2. The average molecular weight is 449 g/mol. The molecule has 0 bridgehead atoms. The van der Waals surface area contributed by atoms with E-state index in [0.717, 1.165) is 27.7 Å². The van der Waals surface area contributed by atoms with Crippen LogP contribution in [0, 0.1) is 20.8 Å². The van der Waals surface area contributed by atoms with Crippen LogP contribution in [-0.4, -0.2) is 43.2 Å². The molecular weight excluding hydrogens is 424 g/mol. The monoisotopic (exact) mass is 448 g/mol. The number of carbonyl (C=O) groups is 2. The molecule has 0 aliphatic heterocycles. The summed E-state index contributed by atoms with van der Waals surface area (Å²) in [7, 11) is 0. The maximum Gasteiger partial charge on any atom is 0.243 e. The molecule has 4 aromatic rings. The lowest BCUT2D eigenvalue weighted by atomic mass is 10.1. The van der Waals surface area contributed by atoms with E-state index < -0.39 is 5.25 Å². The summed E-state index contributed by atoms with van der Waals surface area (Å²) in [5.41, 5.74) is 4.22. The van der Waals surface area contributed by atoms with Crippen LogP contribution in [-0.2, 0) is 9.59 Å². The van der Waals surface area contributed by atoms with Crippen LogP contribution in [0.25, 0.3) is 16.6 Å². The SMILES string of the molecule is Cc1nc2c3ccccc3nc(SC(C)C(=O)NCC(=O)Nc3c(C)cccc3C)n2n1. The van der Waals surface area contributed by atoms with Gasteiger partial charge in [-0.15, -0.1) is 5.10 Å². The molecule has 1 unspecified atom stereocenters. The van der Waals surface area contributed by atoms with Gasteiger partial charge in [0, 0.05) is 11.1 Å². The molecule has 9 heteroatoms. The van der Waals surface area contributed by atoms with E-state index in [-0.39, 0.29) is 18.4 Å². The van der Waals surface area contributed by atoms with Gasteiger partial charge in [0.05, 0.1) is 17.3 Å². The number of nitrogens with zero attached hydrogens (tertiary/aromatic N) is 4. The lowest BCUT2D eigenvalue weighted by Gasteiger charge is -2.14. The maximum atomic E-state index is 12.7. The summed E-state index contributed by atoms with van der Waals surface area (Å²) in [6, 6.07) is 13.5. The van der Waals surface area contributed by atoms with Gasteiger partial charge < -0.3 is 10.6 Å². The Morgan fingerprint density at radius 2 is 1.75 bits per heavy atom. The summed E-state index contributed by atoms with van der Waals surface area (Å²) in [5, 5.41) is 11.0. The first kappa shape index (κ1) is 21.8. The lowest BCUT2D eigenvalue weighted by Crippen LogP contribution is -2.37. The van der Waals surface area contributed by atoms with Crippen LogP contribution in [0.2, 0.25) is 0 Å². The van der Waals surface area contributed by atoms with Gasteiger partial charge >= 0.3 is 0 Å². The number of amides is 2. The number of aryl methyl sites for hydroxylation is 3. The number of benzene rings is 2. The Hall–Kier alpha value is -3.46. The fourth-order valence-electron chi connectivity index (χ4n) is 3.43. The third kappa shape index (κ3) is 4.43.